The third kappa shape index (κ3) is 3.60. The molecule has 0 fully saturated rings. The molecule has 2 aromatic rings. The number of thiazole rings is 1. The highest BCUT2D eigenvalue weighted by atomic mass is 32.3. The number of sulfonamides is 1. The minimum atomic E-state index is -3.92. The van der Waals surface area contributed by atoms with Gasteiger partial charge in [0.05, 0.1) is 5.69 Å². The van der Waals surface area contributed by atoms with Gasteiger partial charge in [0.25, 0.3) is 15.9 Å². The number of nitrogens with one attached hydrogen (secondary N) is 1. The number of pyridine rings is 1. The highest BCUT2D eigenvalue weighted by Gasteiger charge is 2.24. The summed E-state index contributed by atoms with van der Waals surface area (Å²) in [5.41, 5.74) is 1.27. The molecule has 1 amide bonds. The lowest BCUT2D eigenvalue weighted by Gasteiger charge is -2.05. The minimum absolute atomic E-state index is 0.0611. The number of amides is 1. The first kappa shape index (κ1) is 15.9. The third-order valence-electron chi connectivity index (χ3n) is 2.54. The van der Waals surface area contributed by atoms with E-state index in [0.29, 0.717) is 15.7 Å². The summed E-state index contributed by atoms with van der Waals surface area (Å²) in [6, 6.07) is 2.99. The lowest BCUT2D eigenvalue weighted by molar-refractivity contribution is 0.0981. The molecule has 0 aromatic carbocycles. The van der Waals surface area contributed by atoms with Crippen LogP contribution >= 0.6 is 23.1 Å². The molecule has 0 unspecified atom stereocenters. The van der Waals surface area contributed by atoms with E-state index < -0.39 is 15.9 Å². The molecule has 0 atom stereocenters. The van der Waals surface area contributed by atoms with Crippen molar-refractivity contribution in [3.63, 3.8) is 0 Å². The Morgan fingerprint density at radius 2 is 2.10 bits per heavy atom. The standard InChI is InChI=1S/C12H13N3O3S3/c1-7-6-9(4-5-13-7)10(16)15-21(17,18)11-8(2)14-12(19-3)20-11/h4-6H,1-3H3,(H,15,16). The first-order chi connectivity index (χ1) is 9.83. The zero-order valence-corrected chi connectivity index (χ0v) is 14.0. The largest absolute Gasteiger partial charge is 0.275 e. The Kier molecular flexibility index (Phi) is 4.64. The van der Waals surface area contributed by atoms with Crippen molar-refractivity contribution in [3.05, 3.63) is 35.3 Å². The van der Waals surface area contributed by atoms with Gasteiger partial charge in [-0.1, -0.05) is 23.1 Å². The van der Waals surface area contributed by atoms with Crippen LogP contribution in [0.5, 0.6) is 0 Å². The molecule has 0 aliphatic heterocycles. The van der Waals surface area contributed by atoms with Crippen molar-refractivity contribution in [2.24, 2.45) is 0 Å². The molecule has 0 aliphatic carbocycles. The number of hydrogen-bond donors (Lipinski definition) is 1. The second-order valence-electron chi connectivity index (χ2n) is 4.18. The van der Waals surface area contributed by atoms with Gasteiger partial charge in [-0.15, -0.1) is 0 Å². The Morgan fingerprint density at radius 3 is 2.67 bits per heavy atom. The molecule has 1 N–H and O–H groups in total. The Balaban J connectivity index is 2.28. The van der Waals surface area contributed by atoms with Crippen LogP contribution < -0.4 is 4.72 Å². The molecule has 6 nitrogen and oxygen atoms in total. The zero-order chi connectivity index (χ0) is 15.6. The van der Waals surface area contributed by atoms with Crippen LogP contribution in [0.25, 0.3) is 0 Å². The lowest BCUT2D eigenvalue weighted by Crippen LogP contribution is -2.30. The van der Waals surface area contributed by atoms with Gasteiger partial charge in [-0.3, -0.25) is 9.78 Å². The van der Waals surface area contributed by atoms with Crippen molar-refractivity contribution < 1.29 is 13.2 Å². The summed E-state index contributed by atoms with van der Waals surface area (Å²) in [5.74, 6) is -0.681. The summed E-state index contributed by atoms with van der Waals surface area (Å²) in [4.78, 5) is 20.1. The molecule has 0 saturated carbocycles. The summed E-state index contributed by atoms with van der Waals surface area (Å²) in [6.07, 6.45) is 3.27. The monoisotopic (exact) mass is 343 g/mol. The molecule has 2 aromatic heterocycles. The number of thioether (sulfide) groups is 1. The maximum atomic E-state index is 12.3. The Morgan fingerprint density at radius 1 is 1.38 bits per heavy atom. The number of carbonyl (C=O) groups is 1. The fourth-order valence-electron chi connectivity index (χ4n) is 1.61. The molecular formula is C12H13N3O3S3. The van der Waals surface area contributed by atoms with Gasteiger partial charge in [0, 0.05) is 17.5 Å². The van der Waals surface area contributed by atoms with E-state index in [9.17, 15) is 13.2 Å². The molecule has 0 spiro atoms. The van der Waals surface area contributed by atoms with Crippen LogP contribution in [0.1, 0.15) is 21.7 Å². The van der Waals surface area contributed by atoms with E-state index >= 15 is 0 Å². The molecule has 0 radical (unpaired) electrons. The molecule has 112 valence electrons. The molecule has 0 saturated heterocycles. The summed E-state index contributed by atoms with van der Waals surface area (Å²) in [7, 11) is -3.92. The summed E-state index contributed by atoms with van der Waals surface area (Å²) in [5, 5.41) is 0. The van der Waals surface area contributed by atoms with Crippen molar-refractivity contribution in [2.45, 2.75) is 22.4 Å². The van der Waals surface area contributed by atoms with E-state index in [1.807, 2.05) is 6.26 Å². The quantitative estimate of drug-likeness (QED) is 0.854. The first-order valence-electron chi connectivity index (χ1n) is 5.84. The number of rotatable bonds is 4. The van der Waals surface area contributed by atoms with Crippen LogP contribution in [0.3, 0.4) is 0 Å². The van der Waals surface area contributed by atoms with Crippen LogP contribution in [0.2, 0.25) is 0 Å². The van der Waals surface area contributed by atoms with Gasteiger partial charge in [0.2, 0.25) is 0 Å². The van der Waals surface area contributed by atoms with Crippen molar-refractivity contribution in [2.75, 3.05) is 6.26 Å². The lowest BCUT2D eigenvalue weighted by atomic mass is 10.2. The highest BCUT2D eigenvalue weighted by Crippen LogP contribution is 2.28. The van der Waals surface area contributed by atoms with Gasteiger partial charge < -0.3 is 0 Å². The van der Waals surface area contributed by atoms with E-state index in [0.717, 1.165) is 11.3 Å². The molecule has 9 heteroatoms. The first-order valence-corrected chi connectivity index (χ1v) is 9.37. The van der Waals surface area contributed by atoms with Gasteiger partial charge in [-0.25, -0.2) is 18.1 Å². The average molecular weight is 343 g/mol. The minimum Gasteiger partial charge on any atom is -0.268 e. The number of hydrogen-bond acceptors (Lipinski definition) is 7. The van der Waals surface area contributed by atoms with Crippen LogP contribution in [0, 0.1) is 13.8 Å². The Bertz CT molecular complexity index is 784. The van der Waals surface area contributed by atoms with Gasteiger partial charge in [0.15, 0.2) is 8.55 Å². The maximum Gasteiger partial charge on any atom is 0.275 e. The van der Waals surface area contributed by atoms with E-state index in [1.165, 1.54) is 30.1 Å². The van der Waals surface area contributed by atoms with Crippen molar-refractivity contribution in [3.8, 4) is 0 Å². The van der Waals surface area contributed by atoms with Gasteiger partial charge in [-0.05, 0) is 32.2 Å². The number of nitrogens with zero attached hydrogens (tertiary/aromatic N) is 2. The predicted octanol–water partition coefficient (Wildman–Crippen LogP) is 2.00. The van der Waals surface area contributed by atoms with Crippen molar-refractivity contribution >= 4 is 39.0 Å². The molecule has 2 heterocycles. The van der Waals surface area contributed by atoms with Crippen molar-refractivity contribution in [1.29, 1.82) is 0 Å². The average Bonchev–Trinajstić information content (AvgIpc) is 2.80. The number of aryl methyl sites for hydroxylation is 2. The molecule has 0 aliphatic rings. The van der Waals surface area contributed by atoms with E-state index in [1.54, 1.807) is 13.8 Å². The number of aromatic nitrogens is 2. The summed E-state index contributed by atoms with van der Waals surface area (Å²) in [6.45, 7) is 3.33. The third-order valence-corrected chi connectivity index (χ3v) is 6.62. The molecular weight excluding hydrogens is 330 g/mol. The topological polar surface area (TPSA) is 89.0 Å². The maximum absolute atomic E-state index is 12.3. The van der Waals surface area contributed by atoms with E-state index in [2.05, 4.69) is 14.7 Å². The second kappa shape index (κ2) is 6.12. The van der Waals surface area contributed by atoms with Crippen molar-refractivity contribution in [1.82, 2.24) is 14.7 Å². The Labute approximate surface area is 131 Å². The summed E-state index contributed by atoms with van der Waals surface area (Å²) >= 11 is 2.40. The van der Waals surface area contributed by atoms with Crippen LogP contribution in [0.4, 0.5) is 0 Å². The Hall–Kier alpha value is -1.45. The van der Waals surface area contributed by atoms with Crippen LogP contribution in [-0.4, -0.2) is 30.5 Å². The predicted molar refractivity (Wildman–Crippen MR) is 82.3 cm³/mol. The fourth-order valence-corrected chi connectivity index (χ4v) is 4.80. The summed E-state index contributed by atoms with van der Waals surface area (Å²) < 4.78 is 27.3. The normalized spacial score (nSPS) is 11.4. The smallest absolute Gasteiger partial charge is 0.268 e. The molecule has 21 heavy (non-hydrogen) atoms. The highest BCUT2D eigenvalue weighted by molar-refractivity contribution is 8.00. The van der Waals surface area contributed by atoms with E-state index in [4.69, 9.17) is 0 Å². The fraction of sp³-hybridized carbons (Fsp3) is 0.250. The number of carbonyl (C=O) groups excluding carboxylic acids is 1. The zero-order valence-electron chi connectivity index (χ0n) is 11.6. The van der Waals surface area contributed by atoms with Crippen LogP contribution in [-0.2, 0) is 10.0 Å². The SMILES string of the molecule is CSc1nc(C)c(S(=O)(=O)NC(=O)c2ccnc(C)c2)s1. The van der Waals surface area contributed by atoms with Gasteiger partial charge >= 0.3 is 0 Å². The van der Waals surface area contributed by atoms with Gasteiger partial charge in [0.1, 0.15) is 0 Å². The molecule has 0 bridgehead atoms. The second-order valence-corrected chi connectivity index (χ2v) is 8.11. The van der Waals surface area contributed by atoms with Gasteiger partial charge in [-0.2, -0.15) is 0 Å². The molecule has 2 rings (SSSR count). The van der Waals surface area contributed by atoms with Crippen LogP contribution in [0.15, 0.2) is 26.9 Å². The van der Waals surface area contributed by atoms with E-state index in [-0.39, 0.29) is 9.77 Å².